The van der Waals surface area contributed by atoms with Crippen LogP contribution < -0.4 is 0 Å². The van der Waals surface area contributed by atoms with Crippen LogP contribution in [0.1, 0.15) is 41.9 Å². The number of rotatable bonds is 7. The van der Waals surface area contributed by atoms with E-state index in [4.69, 9.17) is 0 Å². The number of nitrogens with zero attached hydrogens (tertiary/aromatic N) is 3. The molecule has 5 rings (SSSR count). The maximum Gasteiger partial charge on any atom is 0.270 e. The Balaban J connectivity index is 1.64. The summed E-state index contributed by atoms with van der Waals surface area (Å²) < 4.78 is 15.8. The maximum absolute atomic E-state index is 13.7. The zero-order valence-electron chi connectivity index (χ0n) is 19.3. The van der Waals surface area contributed by atoms with Crippen molar-refractivity contribution in [2.24, 2.45) is 0 Å². The Hall–Kier alpha value is -4.00. The molecule has 0 radical (unpaired) electrons. The molecule has 0 aliphatic carbocycles. The van der Waals surface area contributed by atoms with Gasteiger partial charge in [-0.3, -0.25) is 14.9 Å². The molecule has 1 aliphatic rings. The van der Waals surface area contributed by atoms with E-state index in [1.54, 1.807) is 24.3 Å². The molecule has 35 heavy (non-hydrogen) atoms. The fraction of sp³-hybridized carbons (Fsp3) is 0.250. The molecule has 1 aliphatic heterocycles. The average Bonchev–Trinajstić information content (AvgIpc) is 3.52. The lowest BCUT2D eigenvalue weighted by molar-refractivity contribution is -0.384. The third-order valence-electron chi connectivity index (χ3n) is 6.79. The second-order valence-corrected chi connectivity index (χ2v) is 9.05. The van der Waals surface area contributed by atoms with Crippen molar-refractivity contribution in [1.29, 1.82) is 0 Å². The molecule has 0 bridgehead atoms. The first-order chi connectivity index (χ1) is 17.0. The van der Waals surface area contributed by atoms with Crippen LogP contribution in [0.2, 0.25) is 0 Å². The number of amides is 1. The van der Waals surface area contributed by atoms with Crippen molar-refractivity contribution in [2.75, 3.05) is 13.1 Å². The van der Waals surface area contributed by atoms with Crippen molar-refractivity contribution in [3.63, 3.8) is 0 Å². The third-order valence-corrected chi connectivity index (χ3v) is 6.79. The van der Waals surface area contributed by atoms with E-state index in [0.717, 1.165) is 53.5 Å². The van der Waals surface area contributed by atoms with Crippen LogP contribution in [0.3, 0.4) is 0 Å². The van der Waals surface area contributed by atoms with Gasteiger partial charge in [0.1, 0.15) is 5.82 Å². The van der Waals surface area contributed by atoms with Gasteiger partial charge in [0.2, 0.25) is 5.91 Å². The Morgan fingerprint density at radius 1 is 1.00 bits per heavy atom. The quantitative estimate of drug-likeness (QED) is 0.250. The summed E-state index contributed by atoms with van der Waals surface area (Å²) in [6, 6.07) is 21.0. The molecule has 4 aromatic rings. The molecule has 6 nitrogen and oxygen atoms in total. The van der Waals surface area contributed by atoms with Gasteiger partial charge in [0.25, 0.3) is 5.69 Å². The molecule has 1 amide bonds. The summed E-state index contributed by atoms with van der Waals surface area (Å²) in [5.74, 6) is -0.656. The first-order valence-corrected chi connectivity index (χ1v) is 11.8. The van der Waals surface area contributed by atoms with Crippen LogP contribution >= 0.6 is 0 Å². The van der Waals surface area contributed by atoms with Gasteiger partial charge in [0, 0.05) is 61.2 Å². The van der Waals surface area contributed by atoms with E-state index < -0.39 is 4.92 Å². The lowest BCUT2D eigenvalue weighted by atomic mass is 9.87. The Bertz CT molecular complexity index is 1360. The van der Waals surface area contributed by atoms with Crippen molar-refractivity contribution >= 4 is 22.5 Å². The maximum atomic E-state index is 13.7. The number of fused-ring (bicyclic) bond motifs is 1. The normalized spacial score (nSPS) is 14.4. The molecule has 0 saturated carbocycles. The van der Waals surface area contributed by atoms with Crippen LogP contribution in [0.15, 0.2) is 79.0 Å². The number of non-ortho nitro benzene ring substituents is 1. The Kier molecular flexibility index (Phi) is 6.31. The van der Waals surface area contributed by atoms with Gasteiger partial charge < -0.3 is 9.47 Å². The number of carbonyl (C=O) groups is 1. The molecule has 178 valence electrons. The van der Waals surface area contributed by atoms with E-state index in [9.17, 15) is 19.3 Å². The number of hydrogen-bond donors (Lipinski definition) is 0. The van der Waals surface area contributed by atoms with Crippen LogP contribution in [0.5, 0.6) is 0 Å². The number of nitro benzene ring substituents is 1. The first kappa shape index (κ1) is 22.8. The Morgan fingerprint density at radius 2 is 1.71 bits per heavy atom. The summed E-state index contributed by atoms with van der Waals surface area (Å²) in [7, 11) is 0. The molecule has 2 heterocycles. The lowest BCUT2D eigenvalue weighted by Gasteiger charge is -2.21. The number of likely N-dealkylation sites (tertiary alicyclic amines) is 1. The smallest absolute Gasteiger partial charge is 0.270 e. The van der Waals surface area contributed by atoms with Crippen LogP contribution in [0.4, 0.5) is 10.1 Å². The zero-order chi connectivity index (χ0) is 24.4. The molecule has 1 saturated heterocycles. The highest BCUT2D eigenvalue weighted by Gasteiger charge is 2.27. The molecular weight excluding hydrogens is 445 g/mol. The van der Waals surface area contributed by atoms with Crippen molar-refractivity contribution in [3.8, 4) is 0 Å². The first-order valence-electron chi connectivity index (χ1n) is 11.8. The van der Waals surface area contributed by atoms with E-state index in [1.807, 2.05) is 41.4 Å². The van der Waals surface area contributed by atoms with Crippen LogP contribution in [0.25, 0.3) is 10.9 Å². The highest BCUT2D eigenvalue weighted by atomic mass is 19.1. The minimum atomic E-state index is -0.403. The lowest BCUT2D eigenvalue weighted by Crippen LogP contribution is -2.29. The van der Waals surface area contributed by atoms with Gasteiger partial charge >= 0.3 is 0 Å². The molecule has 0 unspecified atom stereocenters. The molecule has 1 aromatic heterocycles. The summed E-state index contributed by atoms with van der Waals surface area (Å²) in [5, 5.41) is 12.3. The van der Waals surface area contributed by atoms with Gasteiger partial charge in [-0.2, -0.15) is 0 Å². The third kappa shape index (κ3) is 4.80. The molecule has 0 N–H and O–H groups in total. The van der Waals surface area contributed by atoms with Gasteiger partial charge in [0.05, 0.1) is 4.92 Å². The zero-order valence-corrected chi connectivity index (χ0v) is 19.3. The van der Waals surface area contributed by atoms with E-state index in [1.165, 1.54) is 18.2 Å². The average molecular weight is 472 g/mol. The van der Waals surface area contributed by atoms with Crippen molar-refractivity contribution in [3.05, 3.63) is 112 Å². The van der Waals surface area contributed by atoms with E-state index >= 15 is 0 Å². The summed E-state index contributed by atoms with van der Waals surface area (Å²) in [6.45, 7) is 2.08. The van der Waals surface area contributed by atoms with Crippen molar-refractivity contribution in [2.45, 2.75) is 31.7 Å². The van der Waals surface area contributed by atoms with Crippen molar-refractivity contribution < 1.29 is 14.1 Å². The highest BCUT2D eigenvalue weighted by molar-refractivity contribution is 5.88. The summed E-state index contributed by atoms with van der Waals surface area (Å²) in [4.78, 5) is 26.3. The van der Waals surface area contributed by atoms with E-state index in [0.29, 0.717) is 6.54 Å². The minimum absolute atomic E-state index is 0.0000586. The molecular formula is C28H26FN3O3. The van der Waals surface area contributed by atoms with E-state index in [2.05, 4.69) is 4.57 Å². The fourth-order valence-corrected chi connectivity index (χ4v) is 4.99. The summed E-state index contributed by atoms with van der Waals surface area (Å²) in [5.41, 5.74) is 3.60. The molecule has 7 heteroatoms. The van der Waals surface area contributed by atoms with Crippen LogP contribution in [0, 0.1) is 15.9 Å². The largest absolute Gasteiger partial charge is 0.343 e. The standard InChI is InChI=1S/C28H26FN3O3/c29-22-10-8-21(9-11-22)24(17-28(33)30-14-4-5-15-30)26-19-31(18-20-6-2-1-3-7-20)27-13-12-23(32(34)35)16-25(26)27/h1-3,6-13,16,19,24H,4-5,14-15,17-18H2/t24-/m0/s1. The van der Waals surface area contributed by atoms with Gasteiger partial charge in [-0.05, 0) is 47.7 Å². The molecule has 0 spiro atoms. The number of benzene rings is 3. The molecule has 1 atom stereocenters. The second-order valence-electron chi connectivity index (χ2n) is 9.05. The summed E-state index contributed by atoms with van der Waals surface area (Å²) in [6.07, 6.45) is 4.20. The number of halogens is 1. The van der Waals surface area contributed by atoms with Gasteiger partial charge in [-0.15, -0.1) is 0 Å². The SMILES string of the molecule is O=C(C[C@@H](c1ccc(F)cc1)c1cn(Cc2ccccc2)c2ccc([N+](=O)[O-])cc12)N1CCCC1. The highest BCUT2D eigenvalue weighted by Crippen LogP contribution is 2.37. The predicted octanol–water partition coefficient (Wildman–Crippen LogP) is 5.88. The topological polar surface area (TPSA) is 68.4 Å². The Labute approximate surface area is 202 Å². The van der Waals surface area contributed by atoms with Crippen LogP contribution in [-0.4, -0.2) is 33.4 Å². The fourth-order valence-electron chi connectivity index (χ4n) is 4.99. The van der Waals surface area contributed by atoms with Crippen LogP contribution in [-0.2, 0) is 11.3 Å². The van der Waals surface area contributed by atoms with Gasteiger partial charge in [0.15, 0.2) is 0 Å². The monoisotopic (exact) mass is 471 g/mol. The predicted molar refractivity (Wildman–Crippen MR) is 133 cm³/mol. The number of nitro groups is 1. The minimum Gasteiger partial charge on any atom is -0.343 e. The number of hydrogen-bond acceptors (Lipinski definition) is 3. The number of carbonyl (C=O) groups excluding carboxylic acids is 1. The second kappa shape index (κ2) is 9.70. The van der Waals surface area contributed by atoms with Gasteiger partial charge in [-0.25, -0.2) is 4.39 Å². The van der Waals surface area contributed by atoms with Crippen molar-refractivity contribution in [1.82, 2.24) is 9.47 Å². The van der Waals surface area contributed by atoms with Gasteiger partial charge in [-0.1, -0.05) is 42.5 Å². The Morgan fingerprint density at radius 3 is 2.40 bits per heavy atom. The molecule has 1 fully saturated rings. The molecule has 3 aromatic carbocycles. The number of aromatic nitrogens is 1. The summed E-state index contributed by atoms with van der Waals surface area (Å²) >= 11 is 0. The van der Waals surface area contributed by atoms with E-state index in [-0.39, 0.29) is 29.8 Å².